The summed E-state index contributed by atoms with van der Waals surface area (Å²) in [5.41, 5.74) is 5.19. The molecule has 0 saturated heterocycles. The van der Waals surface area contributed by atoms with Crippen LogP contribution < -0.4 is 10.1 Å². The number of ether oxygens (including phenoxy) is 1. The summed E-state index contributed by atoms with van der Waals surface area (Å²) in [5, 5.41) is 7.72. The number of nitrogens with zero attached hydrogens (tertiary/aromatic N) is 4. The Balaban J connectivity index is 1.70. The van der Waals surface area contributed by atoms with E-state index in [9.17, 15) is 4.79 Å². The first-order chi connectivity index (χ1) is 12.7. The SMILES string of the molecule is COc1ccc(C)cc1-c1ncsc1NC(=O)c1cnn2cccnc12. The minimum absolute atomic E-state index is 0.282. The first-order valence-corrected chi connectivity index (χ1v) is 8.73. The third-order valence-corrected chi connectivity index (χ3v) is 4.67. The summed E-state index contributed by atoms with van der Waals surface area (Å²) in [6, 6.07) is 7.61. The lowest BCUT2D eigenvalue weighted by Crippen LogP contribution is -2.12. The lowest BCUT2D eigenvalue weighted by atomic mass is 10.1. The van der Waals surface area contributed by atoms with Crippen LogP contribution in [0.25, 0.3) is 16.9 Å². The molecule has 4 rings (SSSR count). The maximum absolute atomic E-state index is 12.7. The van der Waals surface area contributed by atoms with Crippen molar-refractivity contribution in [1.82, 2.24) is 19.6 Å². The molecule has 0 saturated carbocycles. The van der Waals surface area contributed by atoms with Crippen LogP contribution in [0.4, 0.5) is 5.00 Å². The number of aryl methyl sites for hydroxylation is 1. The molecule has 0 aliphatic rings. The van der Waals surface area contributed by atoms with Crippen molar-refractivity contribution >= 4 is 27.9 Å². The topological polar surface area (TPSA) is 81.4 Å². The molecule has 4 aromatic rings. The van der Waals surface area contributed by atoms with Crippen molar-refractivity contribution < 1.29 is 9.53 Å². The summed E-state index contributed by atoms with van der Waals surface area (Å²) < 4.78 is 7.00. The molecule has 1 amide bonds. The van der Waals surface area contributed by atoms with Crippen molar-refractivity contribution in [2.24, 2.45) is 0 Å². The van der Waals surface area contributed by atoms with Crippen LogP contribution >= 0.6 is 11.3 Å². The fraction of sp³-hybridized carbons (Fsp3) is 0.111. The summed E-state index contributed by atoms with van der Waals surface area (Å²) >= 11 is 1.35. The van der Waals surface area contributed by atoms with Gasteiger partial charge in [-0.15, -0.1) is 11.3 Å². The van der Waals surface area contributed by atoms with E-state index in [1.165, 1.54) is 17.5 Å². The Bertz CT molecular complexity index is 1100. The Morgan fingerprint density at radius 2 is 2.19 bits per heavy atom. The van der Waals surface area contributed by atoms with Crippen molar-refractivity contribution in [3.05, 3.63) is 59.5 Å². The van der Waals surface area contributed by atoms with Crippen LogP contribution in [0.15, 0.2) is 48.4 Å². The number of fused-ring (bicyclic) bond motifs is 1. The Morgan fingerprint density at radius 3 is 3.04 bits per heavy atom. The van der Waals surface area contributed by atoms with E-state index < -0.39 is 0 Å². The molecule has 8 heteroatoms. The lowest BCUT2D eigenvalue weighted by Gasteiger charge is -2.10. The van der Waals surface area contributed by atoms with Gasteiger partial charge in [0.25, 0.3) is 5.91 Å². The van der Waals surface area contributed by atoms with E-state index in [0.717, 1.165) is 11.1 Å². The summed E-state index contributed by atoms with van der Waals surface area (Å²) in [7, 11) is 1.61. The zero-order chi connectivity index (χ0) is 18.1. The highest BCUT2D eigenvalue weighted by atomic mass is 32.1. The second-order valence-corrected chi connectivity index (χ2v) is 6.49. The second-order valence-electron chi connectivity index (χ2n) is 5.63. The molecule has 3 aromatic heterocycles. The molecular weight excluding hydrogens is 350 g/mol. The van der Waals surface area contributed by atoms with Gasteiger partial charge in [-0.3, -0.25) is 4.79 Å². The predicted molar refractivity (Wildman–Crippen MR) is 99.8 cm³/mol. The van der Waals surface area contributed by atoms with Gasteiger partial charge in [0.1, 0.15) is 22.0 Å². The zero-order valence-electron chi connectivity index (χ0n) is 14.1. The lowest BCUT2D eigenvalue weighted by molar-refractivity contribution is 0.102. The predicted octanol–water partition coefficient (Wildman–Crippen LogP) is 3.42. The van der Waals surface area contributed by atoms with Crippen molar-refractivity contribution in [2.45, 2.75) is 6.92 Å². The summed E-state index contributed by atoms with van der Waals surface area (Å²) in [5.74, 6) is 0.422. The van der Waals surface area contributed by atoms with Crippen LogP contribution in [0.1, 0.15) is 15.9 Å². The van der Waals surface area contributed by atoms with Crippen molar-refractivity contribution in [1.29, 1.82) is 0 Å². The van der Waals surface area contributed by atoms with Gasteiger partial charge in [-0.25, -0.2) is 14.5 Å². The number of thiazole rings is 1. The maximum Gasteiger partial charge on any atom is 0.261 e. The van der Waals surface area contributed by atoms with Crippen LogP contribution in [0.5, 0.6) is 5.75 Å². The molecule has 0 unspecified atom stereocenters. The van der Waals surface area contributed by atoms with E-state index in [-0.39, 0.29) is 5.91 Å². The second kappa shape index (κ2) is 6.57. The number of nitrogens with one attached hydrogen (secondary N) is 1. The molecule has 130 valence electrons. The van der Waals surface area contributed by atoms with Crippen LogP contribution in [0.2, 0.25) is 0 Å². The number of methoxy groups -OCH3 is 1. The normalized spacial score (nSPS) is 10.8. The standard InChI is InChI=1S/C18H15N5O2S/c1-11-4-5-14(25-2)12(8-11)15-18(26-10-20-15)22-17(24)13-9-21-23-7-3-6-19-16(13)23/h3-10H,1-2H3,(H,22,24). The third kappa shape index (κ3) is 2.80. The summed E-state index contributed by atoms with van der Waals surface area (Å²) in [4.78, 5) is 21.4. The van der Waals surface area contributed by atoms with Crippen LogP contribution in [-0.2, 0) is 0 Å². The van der Waals surface area contributed by atoms with Crippen molar-refractivity contribution in [3.8, 4) is 17.0 Å². The molecule has 0 fully saturated rings. The van der Waals surface area contributed by atoms with Crippen molar-refractivity contribution in [3.63, 3.8) is 0 Å². The van der Waals surface area contributed by atoms with Gasteiger partial charge in [0.2, 0.25) is 0 Å². The average molecular weight is 365 g/mol. The van der Waals surface area contributed by atoms with Gasteiger partial charge in [0.15, 0.2) is 5.65 Å². The number of carbonyl (C=O) groups is 1. The third-order valence-electron chi connectivity index (χ3n) is 3.93. The number of benzene rings is 1. The number of rotatable bonds is 4. The van der Waals surface area contributed by atoms with E-state index in [1.807, 2.05) is 25.1 Å². The number of hydrogen-bond donors (Lipinski definition) is 1. The van der Waals surface area contributed by atoms with Crippen LogP contribution in [0, 0.1) is 6.92 Å². The molecule has 1 aromatic carbocycles. The molecule has 3 heterocycles. The Hall–Kier alpha value is -3.26. The Kier molecular flexibility index (Phi) is 4.10. The van der Waals surface area contributed by atoms with Gasteiger partial charge in [-0.05, 0) is 25.1 Å². The Labute approximate surface area is 153 Å². The van der Waals surface area contributed by atoms with E-state index in [4.69, 9.17) is 4.74 Å². The van der Waals surface area contributed by atoms with Crippen molar-refractivity contribution in [2.75, 3.05) is 12.4 Å². The molecular formula is C18H15N5O2S. The van der Waals surface area contributed by atoms with E-state index in [0.29, 0.717) is 27.7 Å². The molecule has 0 aliphatic heterocycles. The fourth-order valence-corrected chi connectivity index (χ4v) is 3.38. The Morgan fingerprint density at radius 1 is 1.31 bits per heavy atom. The molecule has 0 atom stereocenters. The number of carbonyl (C=O) groups excluding carboxylic acids is 1. The largest absolute Gasteiger partial charge is 0.496 e. The molecule has 7 nitrogen and oxygen atoms in total. The highest BCUT2D eigenvalue weighted by molar-refractivity contribution is 7.14. The number of aromatic nitrogens is 4. The molecule has 0 radical (unpaired) electrons. The maximum atomic E-state index is 12.7. The zero-order valence-corrected chi connectivity index (χ0v) is 14.9. The summed E-state index contributed by atoms with van der Waals surface area (Å²) in [6.45, 7) is 2.00. The summed E-state index contributed by atoms with van der Waals surface area (Å²) in [6.07, 6.45) is 4.88. The molecule has 0 aliphatic carbocycles. The molecule has 0 spiro atoms. The van der Waals surface area contributed by atoms with E-state index >= 15 is 0 Å². The quantitative estimate of drug-likeness (QED) is 0.599. The molecule has 26 heavy (non-hydrogen) atoms. The molecule has 1 N–H and O–H groups in total. The van der Waals surface area contributed by atoms with Crippen LogP contribution in [0.3, 0.4) is 0 Å². The minimum Gasteiger partial charge on any atom is -0.496 e. The van der Waals surface area contributed by atoms with E-state index in [1.54, 1.807) is 35.6 Å². The van der Waals surface area contributed by atoms with Gasteiger partial charge in [0, 0.05) is 18.0 Å². The van der Waals surface area contributed by atoms with Gasteiger partial charge >= 0.3 is 0 Å². The number of amides is 1. The van der Waals surface area contributed by atoms with Crippen LogP contribution in [-0.4, -0.2) is 32.6 Å². The van der Waals surface area contributed by atoms with E-state index in [2.05, 4.69) is 20.4 Å². The van der Waals surface area contributed by atoms with Gasteiger partial charge in [-0.1, -0.05) is 11.6 Å². The van der Waals surface area contributed by atoms with Gasteiger partial charge in [-0.2, -0.15) is 5.10 Å². The fourth-order valence-electron chi connectivity index (χ4n) is 2.69. The van der Waals surface area contributed by atoms with Gasteiger partial charge in [0.05, 0.1) is 18.8 Å². The first-order valence-electron chi connectivity index (χ1n) is 7.85. The highest BCUT2D eigenvalue weighted by Crippen LogP contribution is 2.37. The monoisotopic (exact) mass is 365 g/mol. The smallest absolute Gasteiger partial charge is 0.261 e. The number of anilines is 1. The molecule has 0 bridgehead atoms. The number of hydrogen-bond acceptors (Lipinski definition) is 6. The minimum atomic E-state index is -0.282. The highest BCUT2D eigenvalue weighted by Gasteiger charge is 2.19. The average Bonchev–Trinajstić information content (AvgIpc) is 3.28. The van der Waals surface area contributed by atoms with Gasteiger partial charge < -0.3 is 10.1 Å². The first kappa shape index (κ1) is 16.2.